The van der Waals surface area contributed by atoms with Gasteiger partial charge in [-0.15, -0.1) is 0 Å². The summed E-state index contributed by atoms with van der Waals surface area (Å²) in [4.78, 5) is 36.1. The van der Waals surface area contributed by atoms with Crippen LogP contribution in [0.5, 0.6) is 0 Å². The highest BCUT2D eigenvalue weighted by molar-refractivity contribution is 6.31. The van der Waals surface area contributed by atoms with E-state index in [1.54, 1.807) is 18.2 Å². The van der Waals surface area contributed by atoms with Gasteiger partial charge in [-0.1, -0.05) is 18.5 Å². The summed E-state index contributed by atoms with van der Waals surface area (Å²) in [5, 5.41) is 4.03. The number of benzene rings is 1. The predicted octanol–water partition coefficient (Wildman–Crippen LogP) is 1.61. The highest BCUT2D eigenvalue weighted by Gasteiger charge is 2.20. The number of rotatable bonds is 6. The van der Waals surface area contributed by atoms with E-state index >= 15 is 0 Å². The molecule has 0 radical (unpaired) electrons. The van der Waals surface area contributed by atoms with E-state index in [0.717, 1.165) is 32.6 Å². The van der Waals surface area contributed by atoms with Gasteiger partial charge >= 0.3 is 0 Å². The van der Waals surface area contributed by atoms with Crippen LogP contribution in [0.2, 0.25) is 5.02 Å². The number of nitrogens with zero attached hydrogens (tertiary/aromatic N) is 3. The molecule has 1 saturated heterocycles. The summed E-state index contributed by atoms with van der Waals surface area (Å²) in [6.45, 7) is 8.40. The maximum Gasteiger partial charge on any atom is 0.258 e. The Morgan fingerprint density at radius 1 is 1.30 bits per heavy atom. The van der Waals surface area contributed by atoms with Crippen molar-refractivity contribution in [2.45, 2.75) is 32.9 Å². The Labute approximate surface area is 163 Å². The molecule has 7 nitrogen and oxygen atoms in total. The first-order chi connectivity index (χ1) is 12.9. The summed E-state index contributed by atoms with van der Waals surface area (Å²) in [6, 6.07) is 5.35. The Balaban J connectivity index is 1.55. The lowest BCUT2D eigenvalue weighted by Gasteiger charge is -2.34. The van der Waals surface area contributed by atoms with Gasteiger partial charge in [0.25, 0.3) is 5.56 Å². The zero-order valence-corrected chi connectivity index (χ0v) is 16.6. The molecule has 1 aromatic heterocycles. The van der Waals surface area contributed by atoms with Gasteiger partial charge in [0, 0.05) is 37.2 Å². The number of carbonyl (C=O) groups is 1. The van der Waals surface area contributed by atoms with Gasteiger partial charge in [0.05, 0.1) is 24.0 Å². The molecule has 1 amide bonds. The van der Waals surface area contributed by atoms with Crippen LogP contribution in [-0.4, -0.2) is 64.4 Å². The highest BCUT2D eigenvalue weighted by atomic mass is 35.5. The molecule has 1 aliphatic heterocycles. The van der Waals surface area contributed by atoms with Gasteiger partial charge in [0.2, 0.25) is 5.91 Å². The predicted molar refractivity (Wildman–Crippen MR) is 107 cm³/mol. The summed E-state index contributed by atoms with van der Waals surface area (Å²) >= 11 is 5.95. The number of piperazine rings is 1. The molecule has 2 N–H and O–H groups in total. The molecular weight excluding hydrogens is 366 g/mol. The highest BCUT2D eigenvalue weighted by Crippen LogP contribution is 2.15. The smallest absolute Gasteiger partial charge is 0.258 e. The first kappa shape index (κ1) is 19.8. The lowest BCUT2D eigenvalue weighted by atomic mass is 10.2. The molecule has 3 rings (SSSR count). The van der Waals surface area contributed by atoms with Crippen molar-refractivity contribution < 1.29 is 4.79 Å². The molecule has 2 aromatic rings. The number of hydrogen-bond acceptors (Lipinski definition) is 5. The fourth-order valence-electron chi connectivity index (χ4n) is 3.18. The number of nitrogens with one attached hydrogen (secondary N) is 2. The van der Waals surface area contributed by atoms with E-state index in [-0.39, 0.29) is 17.5 Å². The van der Waals surface area contributed by atoms with E-state index in [1.807, 2.05) is 6.92 Å². The van der Waals surface area contributed by atoms with Crippen molar-refractivity contribution >= 4 is 28.4 Å². The topological polar surface area (TPSA) is 81.3 Å². The SMILES string of the molecule is CCC(C)NC(=O)CN1CCN(Cc2nc3ccc(Cl)cc3c(=O)[nH]2)CC1. The van der Waals surface area contributed by atoms with Crippen LogP contribution in [0, 0.1) is 0 Å². The second-order valence-corrected chi connectivity index (χ2v) is 7.54. The van der Waals surface area contributed by atoms with Crippen LogP contribution in [0.1, 0.15) is 26.1 Å². The van der Waals surface area contributed by atoms with Crippen molar-refractivity contribution in [1.29, 1.82) is 0 Å². The Morgan fingerprint density at radius 3 is 2.70 bits per heavy atom. The number of carbonyl (C=O) groups excluding carboxylic acids is 1. The minimum absolute atomic E-state index is 0.0805. The third kappa shape index (κ3) is 5.28. The molecule has 0 spiro atoms. The number of H-pyrrole nitrogens is 1. The zero-order valence-electron chi connectivity index (χ0n) is 15.8. The van der Waals surface area contributed by atoms with Gasteiger partial charge < -0.3 is 10.3 Å². The van der Waals surface area contributed by atoms with Crippen LogP contribution < -0.4 is 10.9 Å². The standard InChI is InChI=1S/C19H26ClN5O2/c1-3-13(2)21-18(26)12-25-8-6-24(7-9-25)11-17-22-16-5-4-14(20)10-15(16)19(27)23-17/h4-5,10,13H,3,6-9,11-12H2,1-2H3,(H,21,26)(H,22,23,27). The van der Waals surface area contributed by atoms with E-state index in [9.17, 15) is 9.59 Å². The van der Waals surface area contributed by atoms with Crippen LogP contribution in [0.4, 0.5) is 0 Å². The molecule has 1 fully saturated rings. The lowest BCUT2D eigenvalue weighted by Crippen LogP contribution is -2.50. The van der Waals surface area contributed by atoms with Gasteiger partial charge in [-0.25, -0.2) is 4.98 Å². The van der Waals surface area contributed by atoms with E-state index in [4.69, 9.17) is 11.6 Å². The monoisotopic (exact) mass is 391 g/mol. The van der Waals surface area contributed by atoms with E-state index in [1.165, 1.54) is 0 Å². The summed E-state index contributed by atoms with van der Waals surface area (Å²) in [5.74, 6) is 0.731. The van der Waals surface area contributed by atoms with E-state index < -0.39 is 0 Å². The van der Waals surface area contributed by atoms with Crippen molar-refractivity contribution in [2.24, 2.45) is 0 Å². The van der Waals surface area contributed by atoms with Crippen molar-refractivity contribution in [1.82, 2.24) is 25.1 Å². The van der Waals surface area contributed by atoms with Gasteiger partial charge in [-0.3, -0.25) is 19.4 Å². The van der Waals surface area contributed by atoms with Crippen LogP contribution in [0.25, 0.3) is 10.9 Å². The quantitative estimate of drug-likeness (QED) is 0.781. The maximum absolute atomic E-state index is 12.3. The normalized spacial score (nSPS) is 17.1. The maximum atomic E-state index is 12.3. The van der Waals surface area contributed by atoms with Gasteiger partial charge in [-0.05, 0) is 31.5 Å². The Morgan fingerprint density at radius 2 is 2.00 bits per heavy atom. The average molecular weight is 392 g/mol. The van der Waals surface area contributed by atoms with Crippen molar-refractivity contribution in [3.05, 3.63) is 39.4 Å². The van der Waals surface area contributed by atoms with E-state index in [2.05, 4.69) is 32.0 Å². The molecule has 1 atom stereocenters. The molecule has 1 unspecified atom stereocenters. The van der Waals surface area contributed by atoms with Crippen molar-refractivity contribution in [3.63, 3.8) is 0 Å². The largest absolute Gasteiger partial charge is 0.353 e. The molecule has 1 aliphatic rings. The Kier molecular flexibility index (Phi) is 6.46. The zero-order chi connectivity index (χ0) is 19.4. The number of halogens is 1. The number of aromatic amines is 1. The minimum atomic E-state index is -0.169. The first-order valence-corrected chi connectivity index (χ1v) is 9.75. The second kappa shape index (κ2) is 8.82. The van der Waals surface area contributed by atoms with Crippen LogP contribution in [0.15, 0.2) is 23.0 Å². The van der Waals surface area contributed by atoms with E-state index in [0.29, 0.717) is 34.8 Å². The van der Waals surface area contributed by atoms with Gasteiger partial charge in [0.1, 0.15) is 5.82 Å². The second-order valence-electron chi connectivity index (χ2n) is 7.10. The minimum Gasteiger partial charge on any atom is -0.353 e. The van der Waals surface area contributed by atoms with Crippen molar-refractivity contribution in [3.8, 4) is 0 Å². The lowest BCUT2D eigenvalue weighted by molar-refractivity contribution is -0.123. The summed E-state index contributed by atoms with van der Waals surface area (Å²) in [5.41, 5.74) is 0.483. The fraction of sp³-hybridized carbons (Fsp3) is 0.526. The molecule has 146 valence electrons. The van der Waals surface area contributed by atoms with Crippen LogP contribution in [-0.2, 0) is 11.3 Å². The van der Waals surface area contributed by atoms with Gasteiger partial charge in [-0.2, -0.15) is 0 Å². The molecule has 1 aromatic carbocycles. The number of fused-ring (bicyclic) bond motifs is 1. The summed E-state index contributed by atoms with van der Waals surface area (Å²) < 4.78 is 0. The Bertz CT molecular complexity index is 861. The Hall–Kier alpha value is -1.96. The molecular formula is C19H26ClN5O2. The fourth-order valence-corrected chi connectivity index (χ4v) is 3.35. The molecule has 0 aliphatic carbocycles. The average Bonchev–Trinajstić information content (AvgIpc) is 2.64. The van der Waals surface area contributed by atoms with Crippen molar-refractivity contribution in [2.75, 3.05) is 32.7 Å². The van der Waals surface area contributed by atoms with Crippen LogP contribution >= 0.6 is 11.6 Å². The first-order valence-electron chi connectivity index (χ1n) is 9.37. The number of aromatic nitrogens is 2. The number of hydrogen-bond donors (Lipinski definition) is 2. The summed E-state index contributed by atoms with van der Waals surface area (Å²) in [6.07, 6.45) is 0.933. The van der Waals surface area contributed by atoms with Gasteiger partial charge in [0.15, 0.2) is 0 Å². The molecule has 0 bridgehead atoms. The number of amides is 1. The molecule has 0 saturated carbocycles. The third-order valence-corrected chi connectivity index (χ3v) is 5.18. The van der Waals surface area contributed by atoms with Crippen LogP contribution in [0.3, 0.4) is 0 Å². The molecule has 8 heteroatoms. The third-order valence-electron chi connectivity index (χ3n) is 4.94. The molecule has 2 heterocycles. The molecule has 27 heavy (non-hydrogen) atoms. The summed E-state index contributed by atoms with van der Waals surface area (Å²) in [7, 11) is 0.